The van der Waals surface area contributed by atoms with Crippen molar-refractivity contribution in [2.75, 3.05) is 7.05 Å². The molecule has 1 nitrogen and oxygen atoms in total. The standard InChI is InChI=1S/C19H20F9N/c1-10(2)29(5)16(11(3)6-12(4)17(20,21)22)13-7-14(18(23,24)25)9-15(8-13)19(26,27)28/h6-10,16H,4H2,1-3,5H3. The van der Waals surface area contributed by atoms with Crippen LogP contribution in [0.25, 0.3) is 0 Å². The Labute approximate surface area is 162 Å². The molecule has 0 aromatic heterocycles. The van der Waals surface area contributed by atoms with Crippen LogP contribution in [0.3, 0.4) is 0 Å². The quantitative estimate of drug-likeness (QED) is 0.352. The molecule has 164 valence electrons. The maximum atomic E-state index is 13.2. The Morgan fingerprint density at radius 2 is 1.31 bits per heavy atom. The minimum atomic E-state index is -5.07. The second kappa shape index (κ2) is 8.41. The highest BCUT2D eigenvalue weighted by Crippen LogP contribution is 2.40. The van der Waals surface area contributed by atoms with Crippen molar-refractivity contribution in [3.05, 3.63) is 58.7 Å². The van der Waals surface area contributed by atoms with Gasteiger partial charge >= 0.3 is 18.5 Å². The molecule has 0 fully saturated rings. The van der Waals surface area contributed by atoms with Crippen molar-refractivity contribution < 1.29 is 39.5 Å². The van der Waals surface area contributed by atoms with E-state index in [1.54, 1.807) is 13.8 Å². The predicted molar refractivity (Wildman–Crippen MR) is 91.0 cm³/mol. The van der Waals surface area contributed by atoms with Crippen molar-refractivity contribution in [3.8, 4) is 0 Å². The first-order chi connectivity index (χ1) is 12.9. The third-order valence-electron chi connectivity index (χ3n) is 4.34. The van der Waals surface area contributed by atoms with Crippen molar-refractivity contribution in [2.24, 2.45) is 0 Å². The zero-order valence-corrected chi connectivity index (χ0v) is 16.0. The molecule has 1 unspecified atom stereocenters. The highest BCUT2D eigenvalue weighted by atomic mass is 19.4. The Morgan fingerprint density at radius 3 is 1.62 bits per heavy atom. The molecule has 0 N–H and O–H groups in total. The average molecular weight is 433 g/mol. The number of alkyl halides is 9. The molecule has 1 rings (SSSR count). The zero-order valence-electron chi connectivity index (χ0n) is 16.0. The fourth-order valence-corrected chi connectivity index (χ4v) is 2.69. The van der Waals surface area contributed by atoms with E-state index in [-0.39, 0.29) is 11.6 Å². The normalized spacial score (nSPS) is 15.2. The maximum Gasteiger partial charge on any atom is 0.416 e. The molecule has 0 heterocycles. The molecule has 0 amide bonds. The number of likely N-dealkylation sites (N-methyl/N-ethyl adjacent to an activating group) is 1. The van der Waals surface area contributed by atoms with Gasteiger partial charge in [0, 0.05) is 11.6 Å². The van der Waals surface area contributed by atoms with Crippen molar-refractivity contribution in [1.82, 2.24) is 4.90 Å². The lowest BCUT2D eigenvalue weighted by molar-refractivity contribution is -0.143. The summed E-state index contributed by atoms with van der Waals surface area (Å²) in [6, 6.07) is -0.647. The van der Waals surface area contributed by atoms with Gasteiger partial charge in [-0.3, -0.25) is 4.90 Å². The summed E-state index contributed by atoms with van der Waals surface area (Å²) < 4.78 is 117. The van der Waals surface area contributed by atoms with Gasteiger partial charge in [0.25, 0.3) is 0 Å². The van der Waals surface area contributed by atoms with Gasteiger partial charge in [0.05, 0.1) is 17.2 Å². The maximum absolute atomic E-state index is 13.2. The van der Waals surface area contributed by atoms with Gasteiger partial charge in [0.1, 0.15) is 0 Å². The molecular weight excluding hydrogens is 413 g/mol. The molecule has 1 atom stereocenters. The van der Waals surface area contributed by atoms with Crippen LogP contribution in [0.4, 0.5) is 39.5 Å². The van der Waals surface area contributed by atoms with E-state index < -0.39 is 52.9 Å². The molecule has 0 aliphatic heterocycles. The molecular formula is C19H20F9N. The molecule has 1 aromatic carbocycles. The Morgan fingerprint density at radius 1 is 0.897 bits per heavy atom. The fourth-order valence-electron chi connectivity index (χ4n) is 2.69. The van der Waals surface area contributed by atoms with Crippen LogP contribution in [0, 0.1) is 0 Å². The molecule has 0 aliphatic carbocycles. The van der Waals surface area contributed by atoms with E-state index in [2.05, 4.69) is 6.58 Å². The van der Waals surface area contributed by atoms with Gasteiger partial charge in [-0.15, -0.1) is 0 Å². The lowest BCUT2D eigenvalue weighted by Crippen LogP contribution is -2.32. The van der Waals surface area contributed by atoms with E-state index in [1.807, 2.05) is 0 Å². The highest BCUT2D eigenvalue weighted by molar-refractivity contribution is 5.40. The molecule has 0 spiro atoms. The second-order valence-corrected chi connectivity index (χ2v) is 6.91. The first-order valence-corrected chi connectivity index (χ1v) is 8.31. The first-order valence-electron chi connectivity index (χ1n) is 8.31. The van der Waals surface area contributed by atoms with Crippen LogP contribution in [0.15, 0.2) is 42.0 Å². The summed E-state index contributed by atoms with van der Waals surface area (Å²) in [6.07, 6.45) is -14.3. The molecule has 0 saturated heterocycles. The molecule has 0 aliphatic rings. The average Bonchev–Trinajstić information content (AvgIpc) is 2.51. The van der Waals surface area contributed by atoms with E-state index in [0.717, 1.165) is 0 Å². The molecule has 10 heteroatoms. The lowest BCUT2D eigenvalue weighted by Gasteiger charge is -2.33. The summed E-state index contributed by atoms with van der Waals surface area (Å²) in [4.78, 5) is 1.38. The van der Waals surface area contributed by atoms with Gasteiger partial charge in [-0.05, 0) is 57.7 Å². The predicted octanol–water partition coefficient (Wildman–Crippen LogP) is 7.17. The summed E-state index contributed by atoms with van der Waals surface area (Å²) in [5.41, 5.74) is -4.86. The molecule has 0 saturated carbocycles. The van der Waals surface area contributed by atoms with Crippen LogP contribution >= 0.6 is 0 Å². The summed E-state index contributed by atoms with van der Waals surface area (Å²) in [5, 5.41) is 0. The Hall–Kier alpha value is -1.97. The van der Waals surface area contributed by atoms with Gasteiger partial charge in [-0.2, -0.15) is 39.5 Å². The number of hydrogen-bond donors (Lipinski definition) is 0. The van der Waals surface area contributed by atoms with Crippen LogP contribution < -0.4 is 0 Å². The van der Waals surface area contributed by atoms with Gasteiger partial charge in [0.2, 0.25) is 0 Å². The second-order valence-electron chi connectivity index (χ2n) is 6.91. The van der Waals surface area contributed by atoms with E-state index in [4.69, 9.17) is 0 Å². The molecule has 29 heavy (non-hydrogen) atoms. The largest absolute Gasteiger partial charge is 0.416 e. The number of nitrogens with zero attached hydrogens (tertiary/aromatic N) is 1. The van der Waals surface area contributed by atoms with Crippen LogP contribution in [0.2, 0.25) is 0 Å². The van der Waals surface area contributed by atoms with Gasteiger partial charge < -0.3 is 0 Å². The fraction of sp³-hybridized carbons (Fsp3) is 0.474. The van der Waals surface area contributed by atoms with E-state index in [1.165, 1.54) is 18.9 Å². The van der Waals surface area contributed by atoms with Gasteiger partial charge in [-0.1, -0.05) is 12.2 Å². The summed E-state index contributed by atoms with van der Waals surface area (Å²) in [6.45, 7) is 7.30. The number of hydrogen-bond acceptors (Lipinski definition) is 1. The topological polar surface area (TPSA) is 3.24 Å². The van der Waals surface area contributed by atoms with E-state index in [0.29, 0.717) is 18.2 Å². The van der Waals surface area contributed by atoms with Crippen LogP contribution in [-0.2, 0) is 12.4 Å². The smallest absolute Gasteiger partial charge is 0.293 e. The van der Waals surface area contributed by atoms with Crippen molar-refractivity contribution in [1.29, 1.82) is 0 Å². The van der Waals surface area contributed by atoms with Crippen LogP contribution in [0.1, 0.15) is 43.5 Å². The van der Waals surface area contributed by atoms with Crippen molar-refractivity contribution in [2.45, 2.75) is 51.4 Å². The molecule has 0 bridgehead atoms. The monoisotopic (exact) mass is 433 g/mol. The zero-order chi connectivity index (χ0) is 22.9. The number of rotatable bonds is 5. The number of benzene rings is 1. The third-order valence-corrected chi connectivity index (χ3v) is 4.34. The van der Waals surface area contributed by atoms with Gasteiger partial charge in [0.15, 0.2) is 0 Å². The highest BCUT2D eigenvalue weighted by Gasteiger charge is 2.38. The Balaban J connectivity index is 3.73. The summed E-state index contributed by atoms with van der Waals surface area (Å²) in [7, 11) is 1.40. The molecule has 1 aromatic rings. The van der Waals surface area contributed by atoms with Crippen LogP contribution in [0.5, 0.6) is 0 Å². The first kappa shape index (κ1) is 25.1. The summed E-state index contributed by atoms with van der Waals surface area (Å²) in [5.74, 6) is 0. The SMILES string of the molecule is C=C(C=C(C)C(c1cc(C(F)(F)F)cc(C(F)(F)F)c1)N(C)C(C)C)C(F)(F)F. The summed E-state index contributed by atoms with van der Waals surface area (Å²) >= 11 is 0. The van der Waals surface area contributed by atoms with E-state index >= 15 is 0 Å². The number of halogens is 9. The molecule has 0 radical (unpaired) electrons. The Kier molecular flexibility index (Phi) is 7.27. The van der Waals surface area contributed by atoms with Crippen LogP contribution in [-0.4, -0.2) is 24.2 Å². The number of allylic oxidation sites excluding steroid dienone is 2. The third kappa shape index (κ3) is 6.52. The lowest BCUT2D eigenvalue weighted by atomic mass is 9.92. The van der Waals surface area contributed by atoms with Gasteiger partial charge in [-0.25, -0.2) is 0 Å². The minimum absolute atomic E-state index is 0.0242. The minimum Gasteiger partial charge on any atom is -0.293 e. The Bertz CT molecular complexity index is 735. The van der Waals surface area contributed by atoms with Crippen molar-refractivity contribution >= 4 is 0 Å². The van der Waals surface area contributed by atoms with Crippen molar-refractivity contribution in [3.63, 3.8) is 0 Å². The van der Waals surface area contributed by atoms with E-state index in [9.17, 15) is 39.5 Å².